The van der Waals surface area contributed by atoms with Gasteiger partial charge in [-0.2, -0.15) is 0 Å². The lowest BCUT2D eigenvalue weighted by Crippen LogP contribution is -1.99. The Labute approximate surface area is 145 Å². The molecule has 0 fully saturated rings. The second-order valence-corrected chi connectivity index (χ2v) is 5.63. The summed E-state index contributed by atoms with van der Waals surface area (Å²) >= 11 is 0. The molecular weight excluding hydrogens is 312 g/mol. The van der Waals surface area contributed by atoms with Crippen molar-refractivity contribution >= 4 is 11.5 Å². The van der Waals surface area contributed by atoms with Gasteiger partial charge in [-0.15, -0.1) is 0 Å². The largest absolute Gasteiger partial charge is 0.488 e. The Balaban J connectivity index is 1.72. The third kappa shape index (κ3) is 2.92. The number of benzene rings is 2. The van der Waals surface area contributed by atoms with E-state index in [4.69, 9.17) is 4.74 Å². The van der Waals surface area contributed by atoms with E-state index in [0.717, 1.165) is 34.0 Å². The molecule has 0 amide bonds. The molecule has 0 aliphatic carbocycles. The zero-order valence-corrected chi connectivity index (χ0v) is 13.9. The van der Waals surface area contributed by atoms with E-state index in [9.17, 15) is 0 Å². The number of ether oxygens (including phenoxy) is 1. The Bertz CT molecular complexity index is 995. The summed E-state index contributed by atoms with van der Waals surface area (Å²) in [5.74, 6) is 1.58. The molecular formula is C20H18N4O. The summed E-state index contributed by atoms with van der Waals surface area (Å²) in [7, 11) is 1.84. The highest BCUT2D eigenvalue weighted by Crippen LogP contribution is 2.31. The summed E-state index contributed by atoms with van der Waals surface area (Å²) in [6, 6.07) is 18.2. The van der Waals surface area contributed by atoms with Crippen LogP contribution in [0.4, 0.5) is 5.82 Å². The highest BCUT2D eigenvalue weighted by molar-refractivity contribution is 5.73. The van der Waals surface area contributed by atoms with Crippen LogP contribution < -0.4 is 10.1 Å². The average Bonchev–Trinajstić information content (AvgIpc) is 3.11. The van der Waals surface area contributed by atoms with Gasteiger partial charge in [0, 0.05) is 25.0 Å². The molecule has 4 rings (SSSR count). The smallest absolute Gasteiger partial charge is 0.180 e. The van der Waals surface area contributed by atoms with Crippen LogP contribution in [0, 0.1) is 0 Å². The number of para-hydroxylation sites is 1. The zero-order chi connectivity index (χ0) is 17.1. The Kier molecular flexibility index (Phi) is 4.04. The maximum Gasteiger partial charge on any atom is 0.180 e. The summed E-state index contributed by atoms with van der Waals surface area (Å²) in [5, 5.41) is 3.07. The van der Waals surface area contributed by atoms with E-state index in [-0.39, 0.29) is 0 Å². The molecule has 124 valence electrons. The summed E-state index contributed by atoms with van der Waals surface area (Å²) in [5.41, 5.74) is 3.90. The standard InChI is InChI=1S/C20H18N4O/c1-21-19-20-23-13-17(24(20)12-11-22-19)16-9-5-6-10-18(16)25-14-15-7-3-2-4-8-15/h2-13H,14H2,1H3,(H,21,22). The van der Waals surface area contributed by atoms with Crippen LogP contribution >= 0.6 is 0 Å². The second-order valence-electron chi connectivity index (χ2n) is 5.63. The predicted molar refractivity (Wildman–Crippen MR) is 98.7 cm³/mol. The number of anilines is 1. The van der Waals surface area contributed by atoms with Crippen LogP contribution in [0.2, 0.25) is 0 Å². The summed E-state index contributed by atoms with van der Waals surface area (Å²) in [6.07, 6.45) is 5.52. The van der Waals surface area contributed by atoms with E-state index in [1.54, 1.807) is 6.20 Å². The van der Waals surface area contributed by atoms with E-state index in [0.29, 0.717) is 6.61 Å². The summed E-state index contributed by atoms with van der Waals surface area (Å²) < 4.78 is 8.10. The second kappa shape index (κ2) is 6.65. The van der Waals surface area contributed by atoms with Crippen LogP contribution in [0.1, 0.15) is 5.56 Å². The van der Waals surface area contributed by atoms with E-state index < -0.39 is 0 Å². The molecule has 0 saturated carbocycles. The van der Waals surface area contributed by atoms with Crippen molar-refractivity contribution < 1.29 is 4.74 Å². The molecule has 5 heteroatoms. The van der Waals surface area contributed by atoms with E-state index in [1.807, 2.05) is 66.3 Å². The van der Waals surface area contributed by atoms with Crippen molar-refractivity contribution in [1.82, 2.24) is 14.4 Å². The van der Waals surface area contributed by atoms with Gasteiger partial charge < -0.3 is 10.1 Å². The van der Waals surface area contributed by atoms with Crippen molar-refractivity contribution in [2.75, 3.05) is 12.4 Å². The number of hydrogen-bond acceptors (Lipinski definition) is 4. The first-order chi connectivity index (χ1) is 12.4. The maximum absolute atomic E-state index is 6.08. The minimum absolute atomic E-state index is 0.526. The number of aromatic nitrogens is 3. The van der Waals surface area contributed by atoms with E-state index >= 15 is 0 Å². The van der Waals surface area contributed by atoms with Gasteiger partial charge in [0.15, 0.2) is 11.5 Å². The number of fused-ring (bicyclic) bond motifs is 1. The highest BCUT2D eigenvalue weighted by Gasteiger charge is 2.13. The third-order valence-corrected chi connectivity index (χ3v) is 4.06. The van der Waals surface area contributed by atoms with Crippen molar-refractivity contribution in [1.29, 1.82) is 0 Å². The molecule has 0 saturated heterocycles. The quantitative estimate of drug-likeness (QED) is 0.600. The Morgan fingerprint density at radius 2 is 1.80 bits per heavy atom. The van der Waals surface area contributed by atoms with Gasteiger partial charge in [-0.05, 0) is 17.7 Å². The van der Waals surface area contributed by atoms with Crippen LogP contribution in [0.25, 0.3) is 16.9 Å². The number of nitrogens with one attached hydrogen (secondary N) is 1. The fraction of sp³-hybridized carbons (Fsp3) is 0.100. The molecule has 25 heavy (non-hydrogen) atoms. The normalized spacial score (nSPS) is 10.8. The summed E-state index contributed by atoms with van der Waals surface area (Å²) in [6.45, 7) is 0.526. The van der Waals surface area contributed by atoms with Crippen LogP contribution in [0.3, 0.4) is 0 Å². The minimum Gasteiger partial charge on any atom is -0.488 e. The topological polar surface area (TPSA) is 51.5 Å². The molecule has 2 heterocycles. The highest BCUT2D eigenvalue weighted by atomic mass is 16.5. The van der Waals surface area contributed by atoms with Crippen LogP contribution in [0.15, 0.2) is 73.2 Å². The van der Waals surface area contributed by atoms with Gasteiger partial charge in [0.1, 0.15) is 12.4 Å². The SMILES string of the molecule is CNc1nccn2c(-c3ccccc3OCc3ccccc3)cnc12. The van der Waals surface area contributed by atoms with Gasteiger partial charge in [-0.1, -0.05) is 42.5 Å². The van der Waals surface area contributed by atoms with Gasteiger partial charge in [0.25, 0.3) is 0 Å². The number of nitrogens with zero attached hydrogens (tertiary/aromatic N) is 3. The van der Waals surface area contributed by atoms with Gasteiger partial charge >= 0.3 is 0 Å². The van der Waals surface area contributed by atoms with Gasteiger partial charge in [-0.3, -0.25) is 4.40 Å². The Morgan fingerprint density at radius 1 is 1.00 bits per heavy atom. The van der Waals surface area contributed by atoms with Crippen LogP contribution in [-0.4, -0.2) is 21.4 Å². The molecule has 2 aromatic carbocycles. The molecule has 0 radical (unpaired) electrons. The Hall–Kier alpha value is -3.34. The van der Waals surface area contributed by atoms with Crippen molar-refractivity contribution in [3.05, 3.63) is 78.8 Å². The lowest BCUT2D eigenvalue weighted by atomic mass is 10.1. The molecule has 0 unspecified atom stereocenters. The fourth-order valence-corrected chi connectivity index (χ4v) is 2.83. The van der Waals surface area contributed by atoms with E-state index in [1.165, 1.54) is 0 Å². The number of hydrogen-bond donors (Lipinski definition) is 1. The molecule has 4 aromatic rings. The fourth-order valence-electron chi connectivity index (χ4n) is 2.83. The molecule has 0 atom stereocenters. The average molecular weight is 330 g/mol. The van der Waals surface area contributed by atoms with E-state index in [2.05, 4.69) is 27.4 Å². The lowest BCUT2D eigenvalue weighted by Gasteiger charge is -2.11. The van der Waals surface area contributed by atoms with Crippen molar-refractivity contribution in [3.8, 4) is 17.0 Å². The molecule has 0 aliphatic rings. The number of imidazole rings is 1. The number of rotatable bonds is 5. The van der Waals surface area contributed by atoms with Crippen molar-refractivity contribution in [3.63, 3.8) is 0 Å². The molecule has 0 bridgehead atoms. The first-order valence-electron chi connectivity index (χ1n) is 8.13. The van der Waals surface area contributed by atoms with Crippen LogP contribution in [-0.2, 0) is 6.61 Å². The minimum atomic E-state index is 0.526. The molecule has 2 aromatic heterocycles. The summed E-state index contributed by atoms with van der Waals surface area (Å²) in [4.78, 5) is 8.81. The molecule has 5 nitrogen and oxygen atoms in total. The van der Waals surface area contributed by atoms with Gasteiger partial charge in [0.05, 0.1) is 11.9 Å². The van der Waals surface area contributed by atoms with Crippen molar-refractivity contribution in [2.45, 2.75) is 6.61 Å². The maximum atomic E-state index is 6.08. The third-order valence-electron chi connectivity index (χ3n) is 4.06. The van der Waals surface area contributed by atoms with Crippen molar-refractivity contribution in [2.24, 2.45) is 0 Å². The molecule has 0 aliphatic heterocycles. The first kappa shape index (κ1) is 15.2. The van der Waals surface area contributed by atoms with Crippen LogP contribution in [0.5, 0.6) is 5.75 Å². The molecule has 1 N–H and O–H groups in total. The van der Waals surface area contributed by atoms with Gasteiger partial charge in [-0.25, -0.2) is 9.97 Å². The predicted octanol–water partition coefficient (Wildman–Crippen LogP) is 4.02. The zero-order valence-electron chi connectivity index (χ0n) is 13.9. The van der Waals surface area contributed by atoms with Gasteiger partial charge in [0.2, 0.25) is 0 Å². The molecule has 0 spiro atoms. The lowest BCUT2D eigenvalue weighted by molar-refractivity contribution is 0.307. The first-order valence-corrected chi connectivity index (χ1v) is 8.13. The Morgan fingerprint density at radius 3 is 2.64 bits per heavy atom. The monoisotopic (exact) mass is 330 g/mol.